The first kappa shape index (κ1) is 13.9. The molecular formula is C11H16IN5S. The van der Waals surface area contributed by atoms with Crippen LogP contribution in [0.4, 0.5) is 0 Å². The SMILES string of the molecule is CCCn1ncnc1CC(NN)c1csc(I)c1. The Morgan fingerprint density at radius 1 is 1.61 bits per heavy atom. The molecule has 2 aromatic rings. The van der Waals surface area contributed by atoms with Crippen LogP contribution < -0.4 is 11.3 Å². The van der Waals surface area contributed by atoms with Gasteiger partial charge < -0.3 is 0 Å². The Balaban J connectivity index is 2.12. The average molecular weight is 377 g/mol. The van der Waals surface area contributed by atoms with E-state index in [1.807, 2.05) is 4.68 Å². The summed E-state index contributed by atoms with van der Waals surface area (Å²) in [4.78, 5) is 4.31. The molecule has 0 fully saturated rings. The second-order valence-corrected chi connectivity index (χ2v) is 6.81. The van der Waals surface area contributed by atoms with Gasteiger partial charge in [-0.25, -0.2) is 4.98 Å². The fraction of sp³-hybridized carbons (Fsp3) is 0.455. The molecule has 1 unspecified atom stereocenters. The van der Waals surface area contributed by atoms with E-state index in [2.05, 4.69) is 56.5 Å². The summed E-state index contributed by atoms with van der Waals surface area (Å²) < 4.78 is 3.21. The monoisotopic (exact) mass is 377 g/mol. The van der Waals surface area contributed by atoms with Gasteiger partial charge in [0, 0.05) is 13.0 Å². The van der Waals surface area contributed by atoms with E-state index < -0.39 is 0 Å². The number of nitrogens with two attached hydrogens (primary N) is 1. The molecule has 3 N–H and O–H groups in total. The molecule has 5 nitrogen and oxygen atoms in total. The summed E-state index contributed by atoms with van der Waals surface area (Å²) in [5.41, 5.74) is 4.07. The topological polar surface area (TPSA) is 68.8 Å². The molecule has 0 aliphatic carbocycles. The van der Waals surface area contributed by atoms with Crippen LogP contribution in [0.2, 0.25) is 0 Å². The fourth-order valence-electron chi connectivity index (χ4n) is 1.81. The van der Waals surface area contributed by atoms with Crippen LogP contribution in [0.25, 0.3) is 0 Å². The van der Waals surface area contributed by atoms with Crippen molar-refractivity contribution in [3.05, 3.63) is 32.0 Å². The molecule has 2 aromatic heterocycles. The third-order valence-corrected chi connectivity index (χ3v) is 4.52. The van der Waals surface area contributed by atoms with Gasteiger partial charge in [0.25, 0.3) is 0 Å². The third kappa shape index (κ3) is 3.28. The van der Waals surface area contributed by atoms with Gasteiger partial charge in [0.2, 0.25) is 0 Å². The Kier molecular flexibility index (Phi) is 5.10. The van der Waals surface area contributed by atoms with Crippen molar-refractivity contribution in [3.63, 3.8) is 0 Å². The summed E-state index contributed by atoms with van der Waals surface area (Å²) in [5.74, 6) is 6.62. The number of halogens is 1. The van der Waals surface area contributed by atoms with Crippen LogP contribution in [0.3, 0.4) is 0 Å². The zero-order valence-electron chi connectivity index (χ0n) is 10.1. The number of nitrogens with zero attached hydrogens (tertiary/aromatic N) is 3. The molecule has 1 atom stereocenters. The van der Waals surface area contributed by atoms with Crippen molar-refractivity contribution in [1.82, 2.24) is 20.2 Å². The molecule has 0 saturated carbocycles. The number of rotatable bonds is 6. The smallest absolute Gasteiger partial charge is 0.138 e. The molecule has 7 heteroatoms. The first-order valence-corrected chi connectivity index (χ1v) is 7.77. The number of aryl methyl sites for hydroxylation is 1. The highest BCUT2D eigenvalue weighted by Gasteiger charge is 2.15. The molecule has 98 valence electrons. The van der Waals surface area contributed by atoms with Crippen molar-refractivity contribution in [2.75, 3.05) is 0 Å². The number of aromatic nitrogens is 3. The lowest BCUT2D eigenvalue weighted by Crippen LogP contribution is -2.30. The fourth-order valence-corrected chi connectivity index (χ4v) is 3.23. The number of hydrogen-bond acceptors (Lipinski definition) is 5. The molecule has 0 bridgehead atoms. The van der Waals surface area contributed by atoms with Gasteiger partial charge >= 0.3 is 0 Å². The number of thiophene rings is 1. The van der Waals surface area contributed by atoms with E-state index in [0.29, 0.717) is 0 Å². The van der Waals surface area contributed by atoms with Crippen LogP contribution in [0.15, 0.2) is 17.8 Å². The summed E-state index contributed by atoms with van der Waals surface area (Å²) in [5, 5.41) is 6.36. The molecule has 18 heavy (non-hydrogen) atoms. The van der Waals surface area contributed by atoms with Crippen molar-refractivity contribution in [2.24, 2.45) is 5.84 Å². The molecule has 2 rings (SSSR count). The minimum Gasteiger partial charge on any atom is -0.271 e. The Morgan fingerprint density at radius 2 is 2.44 bits per heavy atom. The number of hydrazine groups is 1. The molecule has 0 aromatic carbocycles. The van der Waals surface area contributed by atoms with E-state index in [9.17, 15) is 0 Å². The van der Waals surface area contributed by atoms with Crippen molar-refractivity contribution in [3.8, 4) is 0 Å². The maximum absolute atomic E-state index is 5.65. The Labute approximate surface area is 124 Å². The lowest BCUT2D eigenvalue weighted by Gasteiger charge is -2.14. The van der Waals surface area contributed by atoms with Gasteiger partial charge in [-0.05, 0) is 46.0 Å². The van der Waals surface area contributed by atoms with Gasteiger partial charge in [-0.3, -0.25) is 16.0 Å². The van der Waals surface area contributed by atoms with Crippen LogP contribution in [0, 0.1) is 2.88 Å². The summed E-state index contributed by atoms with van der Waals surface area (Å²) in [7, 11) is 0. The van der Waals surface area contributed by atoms with Gasteiger partial charge in [-0.15, -0.1) is 11.3 Å². The molecule has 0 amide bonds. The van der Waals surface area contributed by atoms with Crippen molar-refractivity contribution < 1.29 is 0 Å². The summed E-state index contributed by atoms with van der Waals surface area (Å²) >= 11 is 4.04. The minimum atomic E-state index is 0.0876. The molecule has 0 radical (unpaired) electrons. The quantitative estimate of drug-likeness (QED) is 0.460. The van der Waals surface area contributed by atoms with E-state index in [1.54, 1.807) is 17.7 Å². The standard InChI is InChI=1S/C11H16IN5S/c1-2-3-17-11(14-7-15-17)5-9(16-13)8-4-10(12)18-6-8/h4,6-7,9,16H,2-3,5,13H2,1H3. The van der Waals surface area contributed by atoms with Crippen molar-refractivity contribution in [1.29, 1.82) is 0 Å². The van der Waals surface area contributed by atoms with Gasteiger partial charge in [0.1, 0.15) is 12.2 Å². The second kappa shape index (κ2) is 6.60. The summed E-state index contributed by atoms with van der Waals surface area (Å²) in [6, 6.07) is 2.24. The molecule has 0 aliphatic rings. The molecular weight excluding hydrogens is 361 g/mol. The van der Waals surface area contributed by atoms with Crippen molar-refractivity contribution >= 4 is 33.9 Å². The Morgan fingerprint density at radius 3 is 3.06 bits per heavy atom. The predicted octanol–water partition coefficient (Wildman–Crippen LogP) is 2.10. The van der Waals surface area contributed by atoms with E-state index in [-0.39, 0.29) is 6.04 Å². The minimum absolute atomic E-state index is 0.0876. The first-order chi connectivity index (χ1) is 8.74. The Hall–Kier alpha value is -0.510. The van der Waals surface area contributed by atoms with Gasteiger partial charge in [0.15, 0.2) is 0 Å². The van der Waals surface area contributed by atoms with Crippen molar-refractivity contribution in [2.45, 2.75) is 32.4 Å². The lowest BCUT2D eigenvalue weighted by molar-refractivity contribution is 0.500. The summed E-state index contributed by atoms with van der Waals surface area (Å²) in [6.45, 7) is 3.03. The van der Waals surface area contributed by atoms with Gasteiger partial charge in [0.05, 0.1) is 8.93 Å². The largest absolute Gasteiger partial charge is 0.271 e. The summed E-state index contributed by atoms with van der Waals surface area (Å²) in [6.07, 6.45) is 3.41. The average Bonchev–Trinajstić information content (AvgIpc) is 2.96. The van der Waals surface area contributed by atoms with E-state index >= 15 is 0 Å². The lowest BCUT2D eigenvalue weighted by atomic mass is 10.1. The molecule has 0 aliphatic heterocycles. The van der Waals surface area contributed by atoms with Crippen LogP contribution in [-0.4, -0.2) is 14.8 Å². The predicted molar refractivity (Wildman–Crippen MR) is 81.1 cm³/mol. The molecule has 2 heterocycles. The normalized spacial score (nSPS) is 12.8. The molecule has 0 spiro atoms. The van der Waals surface area contributed by atoms with Crippen LogP contribution in [0.1, 0.15) is 30.8 Å². The van der Waals surface area contributed by atoms with E-state index in [1.165, 1.54) is 8.45 Å². The van der Waals surface area contributed by atoms with Gasteiger partial charge in [-0.1, -0.05) is 6.92 Å². The maximum Gasteiger partial charge on any atom is 0.138 e. The van der Waals surface area contributed by atoms with Crippen LogP contribution in [-0.2, 0) is 13.0 Å². The molecule has 0 saturated heterocycles. The highest BCUT2D eigenvalue weighted by molar-refractivity contribution is 14.1. The number of hydrogen-bond donors (Lipinski definition) is 2. The third-order valence-electron chi connectivity index (χ3n) is 2.71. The second-order valence-electron chi connectivity index (χ2n) is 4.01. The highest BCUT2D eigenvalue weighted by atomic mass is 127. The van der Waals surface area contributed by atoms with E-state index in [0.717, 1.165) is 25.2 Å². The first-order valence-electron chi connectivity index (χ1n) is 5.81. The van der Waals surface area contributed by atoms with Crippen LogP contribution in [0.5, 0.6) is 0 Å². The van der Waals surface area contributed by atoms with Crippen LogP contribution >= 0.6 is 33.9 Å². The van der Waals surface area contributed by atoms with Gasteiger partial charge in [-0.2, -0.15) is 5.10 Å². The van der Waals surface area contributed by atoms with E-state index in [4.69, 9.17) is 5.84 Å². The maximum atomic E-state index is 5.65. The zero-order chi connectivity index (χ0) is 13.0. The zero-order valence-corrected chi connectivity index (χ0v) is 13.1. The Bertz CT molecular complexity index is 495. The number of nitrogens with one attached hydrogen (secondary N) is 1. The highest BCUT2D eigenvalue weighted by Crippen LogP contribution is 2.24.